The second-order valence-corrected chi connectivity index (χ2v) is 3.93. The van der Waals surface area contributed by atoms with Crippen LogP contribution >= 0.6 is 0 Å². The predicted molar refractivity (Wildman–Crippen MR) is 64.3 cm³/mol. The first-order chi connectivity index (χ1) is 8.29. The highest BCUT2D eigenvalue weighted by Gasteiger charge is 2.08. The summed E-state index contributed by atoms with van der Waals surface area (Å²) in [6.45, 7) is 5.66. The molecule has 0 saturated carbocycles. The molecule has 0 fully saturated rings. The average Bonchev–Trinajstić information content (AvgIpc) is 2.78. The summed E-state index contributed by atoms with van der Waals surface area (Å²) >= 11 is 0. The van der Waals surface area contributed by atoms with Crippen LogP contribution in [0.2, 0.25) is 0 Å². The third-order valence-corrected chi connectivity index (χ3v) is 2.29. The van der Waals surface area contributed by atoms with Gasteiger partial charge in [-0.25, -0.2) is 0 Å². The fourth-order valence-electron chi connectivity index (χ4n) is 1.49. The molecule has 90 valence electrons. The molecule has 0 bridgehead atoms. The first kappa shape index (κ1) is 11.7. The molecule has 17 heavy (non-hydrogen) atoms. The van der Waals surface area contributed by atoms with E-state index in [1.54, 1.807) is 12.4 Å². The van der Waals surface area contributed by atoms with Crippen molar-refractivity contribution in [3.63, 3.8) is 0 Å². The van der Waals surface area contributed by atoms with Crippen LogP contribution in [0, 0.1) is 6.92 Å². The fourth-order valence-corrected chi connectivity index (χ4v) is 1.49. The Morgan fingerprint density at radius 2 is 2.18 bits per heavy atom. The van der Waals surface area contributed by atoms with E-state index in [-0.39, 0.29) is 0 Å². The van der Waals surface area contributed by atoms with Gasteiger partial charge >= 0.3 is 0 Å². The van der Waals surface area contributed by atoms with Gasteiger partial charge in [0.1, 0.15) is 0 Å². The number of hydrogen-bond donors (Lipinski definition) is 1. The number of rotatable bonds is 5. The molecule has 0 saturated heterocycles. The lowest BCUT2D eigenvalue weighted by atomic mass is 10.2. The van der Waals surface area contributed by atoms with Crippen LogP contribution < -0.4 is 5.32 Å². The van der Waals surface area contributed by atoms with Crippen molar-refractivity contribution in [1.82, 2.24) is 20.5 Å². The Balaban J connectivity index is 2.07. The monoisotopic (exact) mass is 232 g/mol. The standard InChI is InChI=1S/C12H16N4O/c1-3-4-13-8-11-15-16-12(17-11)10-5-9(2)6-14-7-10/h5-7,13H,3-4,8H2,1-2H3. The second kappa shape index (κ2) is 5.54. The smallest absolute Gasteiger partial charge is 0.249 e. The van der Waals surface area contributed by atoms with Crippen molar-refractivity contribution in [3.05, 3.63) is 29.9 Å². The van der Waals surface area contributed by atoms with Crippen LogP contribution in [0.1, 0.15) is 24.8 Å². The Labute approximate surface area is 100 Å². The number of hydrogen-bond acceptors (Lipinski definition) is 5. The maximum absolute atomic E-state index is 5.55. The van der Waals surface area contributed by atoms with Crippen LogP contribution in [0.25, 0.3) is 11.5 Å². The molecule has 2 aromatic heterocycles. The molecule has 1 N–H and O–H groups in total. The van der Waals surface area contributed by atoms with E-state index >= 15 is 0 Å². The highest BCUT2D eigenvalue weighted by atomic mass is 16.4. The summed E-state index contributed by atoms with van der Waals surface area (Å²) in [5.74, 6) is 1.13. The molecular formula is C12H16N4O. The lowest BCUT2D eigenvalue weighted by Crippen LogP contribution is -2.13. The molecule has 2 heterocycles. The highest BCUT2D eigenvalue weighted by molar-refractivity contribution is 5.51. The molecule has 0 aliphatic rings. The number of aryl methyl sites for hydroxylation is 1. The molecule has 5 heteroatoms. The van der Waals surface area contributed by atoms with E-state index in [4.69, 9.17) is 4.42 Å². The van der Waals surface area contributed by atoms with Crippen LogP contribution in [0.15, 0.2) is 22.9 Å². The zero-order chi connectivity index (χ0) is 12.1. The van der Waals surface area contributed by atoms with E-state index in [2.05, 4.69) is 27.4 Å². The summed E-state index contributed by atoms with van der Waals surface area (Å²) in [4.78, 5) is 4.10. The highest BCUT2D eigenvalue weighted by Crippen LogP contribution is 2.17. The van der Waals surface area contributed by atoms with E-state index in [9.17, 15) is 0 Å². The van der Waals surface area contributed by atoms with Crippen LogP contribution in [0.3, 0.4) is 0 Å². The van der Waals surface area contributed by atoms with Crippen LogP contribution in [-0.4, -0.2) is 21.7 Å². The topological polar surface area (TPSA) is 63.8 Å². The van der Waals surface area contributed by atoms with Gasteiger partial charge in [0.2, 0.25) is 11.8 Å². The van der Waals surface area contributed by atoms with Gasteiger partial charge in [-0.3, -0.25) is 4.98 Å². The molecule has 0 spiro atoms. The van der Waals surface area contributed by atoms with Crippen molar-refractivity contribution in [1.29, 1.82) is 0 Å². The van der Waals surface area contributed by atoms with Crippen LogP contribution in [-0.2, 0) is 6.54 Å². The lowest BCUT2D eigenvalue weighted by molar-refractivity contribution is 0.477. The minimum absolute atomic E-state index is 0.523. The Kier molecular flexibility index (Phi) is 3.82. The third kappa shape index (κ3) is 3.10. The SMILES string of the molecule is CCCNCc1nnc(-c2cncc(C)c2)o1. The number of aromatic nitrogens is 3. The normalized spacial score (nSPS) is 10.7. The largest absolute Gasteiger partial charge is 0.419 e. The average molecular weight is 232 g/mol. The molecule has 0 aromatic carbocycles. The Morgan fingerprint density at radius 1 is 1.29 bits per heavy atom. The summed E-state index contributed by atoms with van der Waals surface area (Å²) in [6.07, 6.45) is 4.61. The molecule has 0 aliphatic heterocycles. The zero-order valence-corrected chi connectivity index (χ0v) is 10.1. The van der Waals surface area contributed by atoms with Crippen LogP contribution in [0.4, 0.5) is 0 Å². The van der Waals surface area contributed by atoms with E-state index in [1.807, 2.05) is 13.0 Å². The molecule has 0 amide bonds. The molecule has 5 nitrogen and oxygen atoms in total. The molecule has 0 aliphatic carbocycles. The third-order valence-electron chi connectivity index (χ3n) is 2.29. The quantitative estimate of drug-likeness (QED) is 0.798. The minimum atomic E-state index is 0.523. The van der Waals surface area contributed by atoms with Gasteiger partial charge in [0, 0.05) is 12.4 Å². The van der Waals surface area contributed by atoms with Gasteiger partial charge in [-0.1, -0.05) is 6.92 Å². The van der Waals surface area contributed by atoms with E-state index in [0.29, 0.717) is 18.3 Å². The molecule has 0 unspecified atom stereocenters. The fraction of sp³-hybridized carbons (Fsp3) is 0.417. The van der Waals surface area contributed by atoms with Gasteiger partial charge in [0.05, 0.1) is 12.1 Å². The van der Waals surface area contributed by atoms with Crippen LogP contribution in [0.5, 0.6) is 0 Å². The number of nitrogens with zero attached hydrogens (tertiary/aromatic N) is 3. The molecule has 2 aromatic rings. The van der Waals surface area contributed by atoms with Gasteiger partial charge in [0.15, 0.2) is 0 Å². The number of nitrogens with one attached hydrogen (secondary N) is 1. The predicted octanol–water partition coefficient (Wildman–Crippen LogP) is 1.94. The molecule has 2 rings (SSSR count). The van der Waals surface area contributed by atoms with Crippen molar-refractivity contribution >= 4 is 0 Å². The summed E-state index contributed by atoms with van der Waals surface area (Å²) in [7, 11) is 0. The molecule has 0 radical (unpaired) electrons. The molecule has 0 atom stereocenters. The zero-order valence-electron chi connectivity index (χ0n) is 10.1. The van der Waals surface area contributed by atoms with Crippen molar-refractivity contribution in [2.45, 2.75) is 26.8 Å². The summed E-state index contributed by atoms with van der Waals surface area (Å²) < 4.78 is 5.55. The number of pyridine rings is 1. The first-order valence-electron chi connectivity index (χ1n) is 5.74. The van der Waals surface area contributed by atoms with Gasteiger partial charge in [-0.05, 0) is 31.5 Å². The maximum Gasteiger partial charge on any atom is 0.249 e. The maximum atomic E-state index is 5.55. The minimum Gasteiger partial charge on any atom is -0.419 e. The second-order valence-electron chi connectivity index (χ2n) is 3.93. The van der Waals surface area contributed by atoms with Crippen molar-refractivity contribution in [3.8, 4) is 11.5 Å². The van der Waals surface area contributed by atoms with E-state index in [1.165, 1.54) is 0 Å². The summed E-state index contributed by atoms with van der Waals surface area (Å²) in [6, 6.07) is 1.98. The summed E-state index contributed by atoms with van der Waals surface area (Å²) in [5, 5.41) is 11.2. The van der Waals surface area contributed by atoms with Gasteiger partial charge in [-0.2, -0.15) is 0 Å². The van der Waals surface area contributed by atoms with E-state index < -0.39 is 0 Å². The Morgan fingerprint density at radius 3 is 2.94 bits per heavy atom. The Hall–Kier alpha value is -1.75. The van der Waals surface area contributed by atoms with Crippen molar-refractivity contribution in [2.24, 2.45) is 0 Å². The van der Waals surface area contributed by atoms with Crippen molar-refractivity contribution in [2.75, 3.05) is 6.54 Å². The lowest BCUT2D eigenvalue weighted by Gasteiger charge is -1.97. The Bertz CT molecular complexity index is 481. The molecular weight excluding hydrogens is 216 g/mol. The van der Waals surface area contributed by atoms with E-state index in [0.717, 1.165) is 24.1 Å². The van der Waals surface area contributed by atoms with Gasteiger partial charge in [0.25, 0.3) is 0 Å². The van der Waals surface area contributed by atoms with Gasteiger partial charge < -0.3 is 9.73 Å². The first-order valence-corrected chi connectivity index (χ1v) is 5.74. The van der Waals surface area contributed by atoms with Crippen molar-refractivity contribution < 1.29 is 4.42 Å². The van der Waals surface area contributed by atoms with Gasteiger partial charge in [-0.15, -0.1) is 10.2 Å². The summed E-state index contributed by atoms with van der Waals surface area (Å²) in [5.41, 5.74) is 1.94.